The van der Waals surface area contributed by atoms with Crippen LogP contribution in [0.5, 0.6) is 0 Å². The third-order valence-electron chi connectivity index (χ3n) is 4.52. The van der Waals surface area contributed by atoms with Gasteiger partial charge in [-0.3, -0.25) is 23.7 Å². The molecule has 0 radical (unpaired) electrons. The lowest BCUT2D eigenvalue weighted by atomic mass is 10.1. The van der Waals surface area contributed by atoms with E-state index < -0.39 is 11.2 Å². The number of rotatable bonds is 5. The molecule has 0 aliphatic rings. The molecule has 7 nitrogen and oxygen atoms in total. The second-order valence-corrected chi connectivity index (χ2v) is 7.34. The SMILES string of the molecule is O=C(Cn1c(=O)n(Cc2cccnc2)c(=O)c2ncccc21)c1ccc(Br)cc1. The van der Waals surface area contributed by atoms with Crippen molar-refractivity contribution >= 4 is 32.7 Å². The van der Waals surface area contributed by atoms with Crippen LogP contribution in [0.2, 0.25) is 0 Å². The summed E-state index contributed by atoms with van der Waals surface area (Å²) in [5.74, 6) is -0.240. The van der Waals surface area contributed by atoms with E-state index in [1.807, 2.05) is 0 Å². The van der Waals surface area contributed by atoms with E-state index in [2.05, 4.69) is 25.9 Å². The molecule has 0 atom stereocenters. The van der Waals surface area contributed by atoms with Crippen LogP contribution < -0.4 is 11.2 Å². The Morgan fingerprint density at radius 2 is 1.72 bits per heavy atom. The van der Waals surface area contributed by atoms with Gasteiger partial charge in [0.2, 0.25) is 0 Å². The molecular formula is C21H15BrN4O3. The topological polar surface area (TPSA) is 86.9 Å². The van der Waals surface area contributed by atoms with Crippen molar-refractivity contribution in [2.45, 2.75) is 13.1 Å². The number of ketones is 1. The lowest BCUT2D eigenvalue weighted by Gasteiger charge is -2.13. The van der Waals surface area contributed by atoms with Crippen LogP contribution in [-0.4, -0.2) is 24.9 Å². The molecule has 3 heterocycles. The molecule has 29 heavy (non-hydrogen) atoms. The van der Waals surface area contributed by atoms with Gasteiger partial charge in [-0.25, -0.2) is 9.78 Å². The number of fused-ring (bicyclic) bond motifs is 1. The molecule has 3 aromatic heterocycles. The van der Waals surface area contributed by atoms with Gasteiger partial charge < -0.3 is 0 Å². The third kappa shape index (κ3) is 3.79. The highest BCUT2D eigenvalue weighted by Crippen LogP contribution is 2.12. The summed E-state index contributed by atoms with van der Waals surface area (Å²) >= 11 is 3.34. The van der Waals surface area contributed by atoms with E-state index in [1.54, 1.807) is 60.9 Å². The first-order chi connectivity index (χ1) is 14.0. The number of hydrogen-bond donors (Lipinski definition) is 0. The van der Waals surface area contributed by atoms with Gasteiger partial charge >= 0.3 is 5.69 Å². The highest BCUT2D eigenvalue weighted by atomic mass is 79.9. The van der Waals surface area contributed by atoms with Crippen molar-refractivity contribution in [3.8, 4) is 0 Å². The van der Waals surface area contributed by atoms with E-state index >= 15 is 0 Å². The van der Waals surface area contributed by atoms with Gasteiger partial charge in [0.15, 0.2) is 11.3 Å². The molecule has 0 saturated carbocycles. The number of carbonyl (C=O) groups excluding carboxylic acids is 1. The van der Waals surface area contributed by atoms with Crippen molar-refractivity contribution in [1.82, 2.24) is 19.1 Å². The van der Waals surface area contributed by atoms with Crippen molar-refractivity contribution in [2.75, 3.05) is 0 Å². The minimum Gasteiger partial charge on any atom is -0.292 e. The zero-order valence-corrected chi connectivity index (χ0v) is 16.7. The standard InChI is InChI=1S/C21H15BrN4O3/c22-16-7-5-15(6-8-16)18(27)13-25-17-4-2-10-24-19(17)20(28)26(21(25)29)12-14-3-1-9-23-11-14/h1-11H,12-13H2. The molecule has 4 aromatic rings. The first kappa shape index (κ1) is 18.9. The smallest absolute Gasteiger partial charge is 0.292 e. The van der Waals surface area contributed by atoms with Crippen molar-refractivity contribution < 1.29 is 4.79 Å². The number of nitrogens with zero attached hydrogens (tertiary/aromatic N) is 4. The Balaban J connectivity index is 1.84. The molecule has 0 unspecified atom stereocenters. The summed E-state index contributed by atoms with van der Waals surface area (Å²) in [6, 6.07) is 13.7. The van der Waals surface area contributed by atoms with Crippen LogP contribution in [0.3, 0.4) is 0 Å². The fourth-order valence-electron chi connectivity index (χ4n) is 3.08. The predicted molar refractivity (Wildman–Crippen MR) is 112 cm³/mol. The minimum absolute atomic E-state index is 0.0461. The van der Waals surface area contributed by atoms with Crippen molar-refractivity contribution in [3.05, 3.63) is 104 Å². The van der Waals surface area contributed by atoms with E-state index in [1.165, 1.54) is 10.8 Å². The fourth-order valence-corrected chi connectivity index (χ4v) is 3.34. The zero-order valence-electron chi connectivity index (χ0n) is 15.2. The highest BCUT2D eigenvalue weighted by molar-refractivity contribution is 9.10. The largest absolute Gasteiger partial charge is 0.332 e. The first-order valence-corrected chi connectivity index (χ1v) is 9.60. The number of halogens is 1. The number of benzene rings is 1. The second-order valence-electron chi connectivity index (χ2n) is 6.42. The van der Waals surface area contributed by atoms with Crippen molar-refractivity contribution in [3.63, 3.8) is 0 Å². The molecule has 0 aliphatic carbocycles. The Hall–Kier alpha value is -3.39. The maximum absolute atomic E-state index is 13.1. The van der Waals surface area contributed by atoms with E-state index in [4.69, 9.17) is 0 Å². The molecule has 0 amide bonds. The number of hydrogen-bond acceptors (Lipinski definition) is 5. The van der Waals surface area contributed by atoms with Crippen LogP contribution in [0, 0.1) is 0 Å². The minimum atomic E-state index is -0.565. The fraction of sp³-hybridized carbons (Fsp3) is 0.0952. The molecule has 0 saturated heterocycles. The van der Waals surface area contributed by atoms with E-state index in [0.29, 0.717) is 16.6 Å². The molecule has 1 aromatic carbocycles. The van der Waals surface area contributed by atoms with Crippen LogP contribution in [-0.2, 0) is 13.1 Å². The van der Waals surface area contributed by atoms with Gasteiger partial charge in [-0.15, -0.1) is 0 Å². The van der Waals surface area contributed by atoms with Crippen LogP contribution in [0.4, 0.5) is 0 Å². The molecular weight excluding hydrogens is 436 g/mol. The molecule has 0 spiro atoms. The first-order valence-electron chi connectivity index (χ1n) is 8.80. The van der Waals surface area contributed by atoms with Gasteiger partial charge in [0.25, 0.3) is 5.56 Å². The monoisotopic (exact) mass is 450 g/mol. The summed E-state index contributed by atoms with van der Waals surface area (Å²) in [7, 11) is 0. The average molecular weight is 451 g/mol. The molecule has 4 rings (SSSR count). The number of aromatic nitrogens is 4. The average Bonchev–Trinajstić information content (AvgIpc) is 2.75. The maximum atomic E-state index is 13.1. The van der Waals surface area contributed by atoms with Gasteiger partial charge in [0.05, 0.1) is 18.6 Å². The summed E-state index contributed by atoms with van der Waals surface area (Å²) < 4.78 is 3.23. The number of carbonyl (C=O) groups is 1. The van der Waals surface area contributed by atoms with E-state index in [-0.39, 0.29) is 24.4 Å². The Morgan fingerprint density at radius 1 is 0.966 bits per heavy atom. The molecule has 0 aliphatic heterocycles. The molecule has 144 valence electrons. The van der Waals surface area contributed by atoms with Gasteiger partial charge in [0.1, 0.15) is 0 Å². The highest BCUT2D eigenvalue weighted by Gasteiger charge is 2.17. The van der Waals surface area contributed by atoms with Gasteiger partial charge in [-0.1, -0.05) is 34.1 Å². The molecule has 0 N–H and O–H groups in total. The quantitative estimate of drug-likeness (QED) is 0.436. The van der Waals surface area contributed by atoms with E-state index in [0.717, 1.165) is 9.04 Å². The predicted octanol–water partition coefficient (Wildman–Crippen LogP) is 2.65. The normalized spacial score (nSPS) is 10.9. The van der Waals surface area contributed by atoms with Crippen LogP contribution >= 0.6 is 15.9 Å². The lowest BCUT2D eigenvalue weighted by molar-refractivity contribution is 0.0971. The maximum Gasteiger partial charge on any atom is 0.332 e. The summed E-state index contributed by atoms with van der Waals surface area (Å²) in [5, 5.41) is 0. The van der Waals surface area contributed by atoms with Gasteiger partial charge in [0, 0.05) is 28.6 Å². The molecule has 8 heteroatoms. The molecule has 0 bridgehead atoms. The summed E-state index contributed by atoms with van der Waals surface area (Å²) in [5.41, 5.74) is 0.580. The summed E-state index contributed by atoms with van der Waals surface area (Å²) in [6.07, 6.45) is 4.69. The van der Waals surface area contributed by atoms with Crippen molar-refractivity contribution in [2.24, 2.45) is 0 Å². The van der Waals surface area contributed by atoms with Gasteiger partial charge in [-0.2, -0.15) is 0 Å². The lowest BCUT2D eigenvalue weighted by Crippen LogP contribution is -2.41. The summed E-state index contributed by atoms with van der Waals surface area (Å²) in [6.45, 7) is -0.152. The zero-order chi connectivity index (χ0) is 20.4. The Bertz CT molecular complexity index is 1310. The van der Waals surface area contributed by atoms with Gasteiger partial charge in [-0.05, 0) is 35.9 Å². The Kier molecular flexibility index (Phi) is 5.18. The third-order valence-corrected chi connectivity index (χ3v) is 5.05. The molecule has 0 fully saturated rings. The van der Waals surface area contributed by atoms with Crippen LogP contribution in [0.25, 0.3) is 11.0 Å². The van der Waals surface area contributed by atoms with E-state index in [9.17, 15) is 14.4 Å². The number of Topliss-reactive ketones (excluding diaryl/α,β-unsaturated/α-hetero) is 1. The van der Waals surface area contributed by atoms with Crippen LogP contribution in [0.1, 0.15) is 15.9 Å². The second kappa shape index (κ2) is 7.92. The summed E-state index contributed by atoms with van der Waals surface area (Å²) in [4.78, 5) is 47.0. The Labute approximate surface area is 173 Å². The van der Waals surface area contributed by atoms with Crippen molar-refractivity contribution in [1.29, 1.82) is 0 Å². The Morgan fingerprint density at radius 3 is 2.45 bits per heavy atom. The number of pyridine rings is 2. The van der Waals surface area contributed by atoms with Crippen LogP contribution in [0.15, 0.2) is 81.2 Å².